The van der Waals surface area contributed by atoms with Crippen LogP contribution in [0.4, 0.5) is 0 Å². The second-order valence-electron chi connectivity index (χ2n) is 10.9. The molecule has 5 heteroatoms. The maximum atomic E-state index is 13.9. The third-order valence-corrected chi connectivity index (χ3v) is 7.90. The Kier molecular flexibility index (Phi) is 6.64. The van der Waals surface area contributed by atoms with Crippen molar-refractivity contribution in [2.24, 2.45) is 0 Å². The Morgan fingerprint density at radius 3 is 2.22 bits per heavy atom. The number of pyridine rings is 1. The van der Waals surface area contributed by atoms with Gasteiger partial charge in [-0.1, -0.05) is 98.8 Å². The number of hydrogen-bond acceptors (Lipinski definition) is 2. The fourth-order valence-corrected chi connectivity index (χ4v) is 5.49. The molecule has 0 bridgehead atoms. The van der Waals surface area contributed by atoms with Gasteiger partial charge < -0.3 is 14.8 Å². The number of aromatic nitrogens is 1. The molecule has 6 aromatic rings. The molecule has 202 valence electrons. The molecule has 2 heterocycles. The molecule has 6 rings (SSSR count). The second-order valence-corrected chi connectivity index (χ2v) is 10.9. The lowest BCUT2D eigenvalue weighted by Gasteiger charge is -2.27. The minimum absolute atomic E-state index is 0.190. The van der Waals surface area contributed by atoms with Gasteiger partial charge in [0.1, 0.15) is 0 Å². The topological polar surface area (TPSA) is 70.8 Å². The Bertz CT molecular complexity index is 1900. The molecule has 0 fully saturated rings. The molecule has 1 amide bonds. The average molecular weight is 539 g/mol. The Morgan fingerprint density at radius 1 is 0.780 bits per heavy atom. The van der Waals surface area contributed by atoms with Crippen LogP contribution in [0, 0.1) is 0 Å². The molecule has 0 unspecified atom stereocenters. The van der Waals surface area contributed by atoms with E-state index in [0.717, 1.165) is 27.8 Å². The molecular weight excluding hydrogens is 508 g/mol. The third-order valence-electron chi connectivity index (χ3n) is 7.90. The first kappa shape index (κ1) is 26.1. The molecule has 0 spiro atoms. The number of hydrogen-bond donors (Lipinski definition) is 2. The SMILES string of the molecule is CC(C)(c1ccc2ccccc2c1)c1ccn2cc(-c3ccccc3)cc(C(=O)NCc3ccc(C(=O)O)cc3)c12. The summed E-state index contributed by atoms with van der Waals surface area (Å²) in [6, 6.07) is 35.6. The Hall–Kier alpha value is -5.16. The number of carbonyl (C=O) groups is 2. The highest BCUT2D eigenvalue weighted by Crippen LogP contribution is 2.38. The smallest absolute Gasteiger partial charge is 0.335 e. The number of nitrogens with one attached hydrogen (secondary N) is 1. The van der Waals surface area contributed by atoms with E-state index in [-0.39, 0.29) is 23.4 Å². The molecular formula is C36H30N2O3. The van der Waals surface area contributed by atoms with Crippen LogP contribution in [-0.4, -0.2) is 21.4 Å². The van der Waals surface area contributed by atoms with Gasteiger partial charge in [0.2, 0.25) is 0 Å². The van der Waals surface area contributed by atoms with Gasteiger partial charge in [0.15, 0.2) is 0 Å². The third kappa shape index (κ3) is 4.98. The number of nitrogens with zero attached hydrogens (tertiary/aromatic N) is 1. The lowest BCUT2D eigenvalue weighted by Crippen LogP contribution is -2.25. The maximum Gasteiger partial charge on any atom is 0.335 e. The van der Waals surface area contributed by atoms with Crippen LogP contribution in [-0.2, 0) is 12.0 Å². The Balaban J connectivity index is 1.43. The van der Waals surface area contributed by atoms with Crippen LogP contribution in [0.2, 0.25) is 0 Å². The number of rotatable bonds is 7. The molecule has 0 radical (unpaired) electrons. The summed E-state index contributed by atoms with van der Waals surface area (Å²) in [6.45, 7) is 4.68. The van der Waals surface area contributed by atoms with Gasteiger partial charge in [-0.05, 0) is 62.9 Å². The minimum atomic E-state index is -0.976. The monoisotopic (exact) mass is 538 g/mol. The lowest BCUT2D eigenvalue weighted by molar-refractivity contribution is 0.0696. The van der Waals surface area contributed by atoms with Gasteiger partial charge in [-0.2, -0.15) is 0 Å². The van der Waals surface area contributed by atoms with Crippen LogP contribution >= 0.6 is 0 Å². The molecule has 0 atom stereocenters. The van der Waals surface area contributed by atoms with Crippen molar-refractivity contribution in [3.8, 4) is 11.1 Å². The number of carboxylic acid groups (broad SMARTS) is 1. The molecule has 41 heavy (non-hydrogen) atoms. The number of benzene rings is 4. The van der Waals surface area contributed by atoms with E-state index in [1.807, 2.05) is 48.7 Å². The summed E-state index contributed by atoms with van der Waals surface area (Å²) in [5.74, 6) is -1.17. The van der Waals surface area contributed by atoms with Gasteiger partial charge in [-0.15, -0.1) is 0 Å². The summed E-state index contributed by atoms with van der Waals surface area (Å²) in [7, 11) is 0. The van der Waals surface area contributed by atoms with E-state index < -0.39 is 5.97 Å². The van der Waals surface area contributed by atoms with Crippen molar-refractivity contribution in [3.05, 3.63) is 149 Å². The van der Waals surface area contributed by atoms with Crippen LogP contribution in [0.25, 0.3) is 27.4 Å². The first-order chi connectivity index (χ1) is 19.8. The Morgan fingerprint density at radius 2 is 1.49 bits per heavy atom. The number of carboxylic acids is 1. The van der Waals surface area contributed by atoms with Crippen molar-refractivity contribution >= 4 is 28.2 Å². The molecule has 0 saturated heterocycles. The van der Waals surface area contributed by atoms with Crippen molar-refractivity contribution in [2.75, 3.05) is 0 Å². The fourth-order valence-electron chi connectivity index (χ4n) is 5.49. The zero-order valence-electron chi connectivity index (χ0n) is 23.0. The van der Waals surface area contributed by atoms with Gasteiger partial charge >= 0.3 is 5.97 Å². The summed E-state index contributed by atoms with van der Waals surface area (Å²) in [4.78, 5) is 25.1. The van der Waals surface area contributed by atoms with Gasteiger partial charge in [0.05, 0.1) is 16.6 Å². The van der Waals surface area contributed by atoms with E-state index in [4.69, 9.17) is 0 Å². The van der Waals surface area contributed by atoms with E-state index in [1.54, 1.807) is 24.3 Å². The standard InChI is InChI=1S/C36H30N2O3/c1-36(2,30-17-16-26-10-6-7-11-28(26)20-30)32-18-19-38-23-29(25-8-4-3-5-9-25)21-31(33(32)38)34(39)37-22-24-12-14-27(15-13-24)35(40)41/h3-21,23H,22H2,1-2H3,(H,37,39)(H,40,41). The van der Waals surface area contributed by atoms with Crippen molar-refractivity contribution in [1.82, 2.24) is 9.72 Å². The average Bonchev–Trinajstić information content (AvgIpc) is 3.45. The van der Waals surface area contributed by atoms with E-state index in [0.29, 0.717) is 5.56 Å². The zero-order chi connectivity index (χ0) is 28.6. The van der Waals surface area contributed by atoms with Crippen LogP contribution in [0.3, 0.4) is 0 Å². The van der Waals surface area contributed by atoms with Crippen LogP contribution in [0.5, 0.6) is 0 Å². The highest BCUT2D eigenvalue weighted by atomic mass is 16.4. The summed E-state index contributed by atoms with van der Waals surface area (Å²) in [5.41, 5.74) is 6.30. The number of carbonyl (C=O) groups excluding carboxylic acids is 1. The normalized spacial score (nSPS) is 11.6. The van der Waals surface area contributed by atoms with Crippen LogP contribution in [0.1, 0.15) is 51.3 Å². The highest BCUT2D eigenvalue weighted by Gasteiger charge is 2.29. The number of amides is 1. The zero-order valence-corrected chi connectivity index (χ0v) is 23.0. The first-order valence-electron chi connectivity index (χ1n) is 13.6. The van der Waals surface area contributed by atoms with Gasteiger partial charge in [-0.25, -0.2) is 4.79 Å². The number of aromatic carboxylic acids is 1. The van der Waals surface area contributed by atoms with Gasteiger partial charge in [0, 0.05) is 24.4 Å². The molecule has 2 aromatic heterocycles. The maximum absolute atomic E-state index is 13.9. The quantitative estimate of drug-likeness (QED) is 0.219. The summed E-state index contributed by atoms with van der Waals surface area (Å²) < 4.78 is 2.05. The second kappa shape index (κ2) is 10.4. The predicted molar refractivity (Wildman–Crippen MR) is 163 cm³/mol. The fraction of sp³-hybridized carbons (Fsp3) is 0.111. The molecule has 2 N–H and O–H groups in total. The van der Waals surface area contributed by atoms with Crippen LogP contribution in [0.15, 0.2) is 122 Å². The van der Waals surface area contributed by atoms with Gasteiger partial charge in [-0.3, -0.25) is 4.79 Å². The first-order valence-corrected chi connectivity index (χ1v) is 13.6. The largest absolute Gasteiger partial charge is 0.478 e. The van der Waals surface area contributed by atoms with Crippen molar-refractivity contribution in [3.63, 3.8) is 0 Å². The molecule has 0 aliphatic carbocycles. The summed E-state index contributed by atoms with van der Waals surface area (Å²) in [6.07, 6.45) is 4.10. The highest BCUT2D eigenvalue weighted by molar-refractivity contribution is 6.03. The summed E-state index contributed by atoms with van der Waals surface area (Å²) in [5, 5.41) is 14.6. The summed E-state index contributed by atoms with van der Waals surface area (Å²) >= 11 is 0. The lowest BCUT2D eigenvalue weighted by atomic mass is 9.77. The van der Waals surface area contributed by atoms with Crippen molar-refractivity contribution in [1.29, 1.82) is 0 Å². The number of fused-ring (bicyclic) bond motifs is 2. The van der Waals surface area contributed by atoms with E-state index in [2.05, 4.69) is 72.2 Å². The van der Waals surface area contributed by atoms with Gasteiger partial charge in [0.25, 0.3) is 5.91 Å². The minimum Gasteiger partial charge on any atom is -0.478 e. The van der Waals surface area contributed by atoms with E-state index in [9.17, 15) is 14.7 Å². The van der Waals surface area contributed by atoms with E-state index in [1.165, 1.54) is 16.3 Å². The van der Waals surface area contributed by atoms with Crippen molar-refractivity contribution < 1.29 is 14.7 Å². The van der Waals surface area contributed by atoms with Crippen molar-refractivity contribution in [2.45, 2.75) is 25.8 Å². The van der Waals surface area contributed by atoms with E-state index >= 15 is 0 Å². The molecule has 4 aromatic carbocycles. The predicted octanol–water partition coefficient (Wildman–Crippen LogP) is 7.71. The Labute approximate surface area is 238 Å². The molecule has 0 aliphatic rings. The van der Waals surface area contributed by atoms with Crippen LogP contribution < -0.4 is 5.32 Å². The molecule has 5 nitrogen and oxygen atoms in total. The molecule has 0 saturated carbocycles. The molecule has 0 aliphatic heterocycles.